The molecule has 0 saturated carbocycles. The van der Waals surface area contributed by atoms with E-state index in [9.17, 15) is 18.0 Å². The second-order valence-corrected chi connectivity index (χ2v) is 4.17. The molecule has 1 aromatic carbocycles. The molecule has 6 heteroatoms. The maximum Gasteiger partial charge on any atom is 0.573 e. The molecule has 2 nitrogen and oxygen atoms in total. The maximum atomic E-state index is 12.2. The van der Waals surface area contributed by atoms with E-state index in [1.165, 1.54) is 29.5 Å². The first kappa shape index (κ1) is 12.6. The molecule has 0 aliphatic carbocycles. The van der Waals surface area contributed by atoms with Crippen molar-refractivity contribution in [2.75, 3.05) is 0 Å². The van der Waals surface area contributed by atoms with Crippen molar-refractivity contribution in [2.45, 2.75) is 6.36 Å². The van der Waals surface area contributed by atoms with Gasteiger partial charge in [0.1, 0.15) is 5.75 Å². The summed E-state index contributed by atoms with van der Waals surface area (Å²) >= 11 is 1.30. The summed E-state index contributed by atoms with van der Waals surface area (Å²) in [7, 11) is 0. The number of rotatable bonds is 3. The Morgan fingerprint density at radius 1 is 1.17 bits per heavy atom. The molecule has 0 aliphatic heterocycles. The predicted octanol–water partition coefficient (Wildman–Crippen LogP) is 3.88. The minimum atomic E-state index is -4.81. The number of benzene rings is 1. The van der Waals surface area contributed by atoms with Crippen molar-refractivity contribution in [3.8, 4) is 5.75 Å². The summed E-state index contributed by atoms with van der Waals surface area (Å²) in [4.78, 5) is 12.0. The third-order valence-corrected chi connectivity index (χ3v) is 2.82. The van der Waals surface area contributed by atoms with Gasteiger partial charge in [-0.3, -0.25) is 4.79 Å². The Hall–Kier alpha value is -1.82. The van der Waals surface area contributed by atoms with Gasteiger partial charge in [0, 0.05) is 10.9 Å². The highest BCUT2D eigenvalue weighted by Gasteiger charge is 2.32. The normalized spacial score (nSPS) is 11.3. The van der Waals surface area contributed by atoms with E-state index in [2.05, 4.69) is 4.74 Å². The van der Waals surface area contributed by atoms with Crippen LogP contribution in [0.4, 0.5) is 13.2 Å². The van der Waals surface area contributed by atoms with Crippen LogP contribution in [0.25, 0.3) is 0 Å². The molecule has 0 spiro atoms. The fraction of sp³-hybridized carbons (Fsp3) is 0.0833. The standard InChI is InChI=1S/C12H7F3O2S/c13-12(14,15)17-10-4-2-1-3-9(10)11(16)8-5-6-18-7-8/h1-7H. The number of para-hydroxylation sites is 1. The number of hydrogen-bond acceptors (Lipinski definition) is 3. The van der Waals surface area contributed by atoms with E-state index in [0.717, 1.165) is 6.07 Å². The molecule has 0 fully saturated rings. The molecule has 2 rings (SSSR count). The van der Waals surface area contributed by atoms with Crippen LogP contribution in [0.3, 0.4) is 0 Å². The average molecular weight is 272 g/mol. The Labute approximate surface area is 105 Å². The summed E-state index contributed by atoms with van der Waals surface area (Å²) in [6, 6.07) is 6.85. The van der Waals surface area contributed by atoms with Gasteiger partial charge in [-0.05, 0) is 23.6 Å². The fourth-order valence-electron chi connectivity index (χ4n) is 1.42. The van der Waals surface area contributed by atoms with Crippen LogP contribution in [-0.2, 0) is 0 Å². The number of carbonyl (C=O) groups is 1. The van der Waals surface area contributed by atoms with Gasteiger partial charge in [0.05, 0.1) is 5.56 Å². The monoisotopic (exact) mass is 272 g/mol. The summed E-state index contributed by atoms with van der Waals surface area (Å²) in [6.45, 7) is 0. The van der Waals surface area contributed by atoms with Gasteiger partial charge in [0.15, 0.2) is 5.78 Å². The molecule has 0 unspecified atom stereocenters. The number of thiophene rings is 1. The molecular formula is C12H7F3O2S. The molecule has 0 aliphatic rings. The van der Waals surface area contributed by atoms with E-state index in [1.54, 1.807) is 16.8 Å². The van der Waals surface area contributed by atoms with Gasteiger partial charge in [0.25, 0.3) is 0 Å². The summed E-state index contributed by atoms with van der Waals surface area (Å²) in [6.07, 6.45) is -4.81. The minimum absolute atomic E-state index is 0.103. The summed E-state index contributed by atoms with van der Waals surface area (Å²) < 4.78 is 40.4. The Morgan fingerprint density at radius 3 is 2.50 bits per heavy atom. The van der Waals surface area contributed by atoms with Gasteiger partial charge in [0.2, 0.25) is 0 Å². The van der Waals surface area contributed by atoms with E-state index in [0.29, 0.717) is 5.56 Å². The van der Waals surface area contributed by atoms with Crippen molar-refractivity contribution in [3.63, 3.8) is 0 Å². The number of halogens is 3. The minimum Gasteiger partial charge on any atom is -0.405 e. The van der Waals surface area contributed by atoms with Gasteiger partial charge in [-0.1, -0.05) is 12.1 Å². The summed E-state index contributed by atoms with van der Waals surface area (Å²) in [5.74, 6) is -0.975. The molecule has 0 amide bonds. The molecule has 0 N–H and O–H groups in total. The number of hydrogen-bond donors (Lipinski definition) is 0. The largest absolute Gasteiger partial charge is 0.573 e. The number of alkyl halides is 3. The number of ether oxygens (including phenoxy) is 1. The van der Waals surface area contributed by atoms with Gasteiger partial charge in [-0.25, -0.2) is 0 Å². The van der Waals surface area contributed by atoms with E-state index in [-0.39, 0.29) is 5.56 Å². The summed E-state index contributed by atoms with van der Waals surface area (Å²) in [5, 5.41) is 3.26. The van der Waals surface area contributed by atoms with Gasteiger partial charge in [-0.15, -0.1) is 13.2 Å². The van der Waals surface area contributed by atoms with Crippen LogP contribution in [0.1, 0.15) is 15.9 Å². The first-order valence-electron chi connectivity index (χ1n) is 4.89. The van der Waals surface area contributed by atoms with Crippen LogP contribution in [-0.4, -0.2) is 12.1 Å². The van der Waals surface area contributed by atoms with Crippen molar-refractivity contribution in [2.24, 2.45) is 0 Å². The Morgan fingerprint density at radius 2 is 1.89 bits per heavy atom. The quantitative estimate of drug-likeness (QED) is 0.793. The number of ketones is 1. The van der Waals surface area contributed by atoms with Crippen molar-refractivity contribution in [1.29, 1.82) is 0 Å². The molecule has 0 atom stereocenters. The van der Waals surface area contributed by atoms with Crippen LogP contribution in [0.15, 0.2) is 41.1 Å². The van der Waals surface area contributed by atoms with E-state index < -0.39 is 17.9 Å². The Kier molecular flexibility index (Phi) is 3.38. The maximum absolute atomic E-state index is 12.2. The van der Waals surface area contributed by atoms with E-state index >= 15 is 0 Å². The lowest BCUT2D eigenvalue weighted by molar-refractivity contribution is -0.274. The zero-order chi connectivity index (χ0) is 13.2. The third kappa shape index (κ3) is 2.89. The molecule has 18 heavy (non-hydrogen) atoms. The van der Waals surface area contributed by atoms with Crippen molar-refractivity contribution in [3.05, 3.63) is 52.2 Å². The van der Waals surface area contributed by atoms with Crippen molar-refractivity contribution in [1.82, 2.24) is 0 Å². The van der Waals surface area contributed by atoms with Crippen LogP contribution in [0, 0.1) is 0 Å². The molecule has 0 bridgehead atoms. The highest BCUT2D eigenvalue weighted by Crippen LogP contribution is 2.28. The molecule has 0 saturated heterocycles. The van der Waals surface area contributed by atoms with E-state index in [4.69, 9.17) is 0 Å². The predicted molar refractivity (Wildman–Crippen MR) is 60.9 cm³/mol. The van der Waals surface area contributed by atoms with Crippen molar-refractivity contribution >= 4 is 17.1 Å². The van der Waals surface area contributed by atoms with Crippen LogP contribution in [0.5, 0.6) is 5.75 Å². The number of carbonyl (C=O) groups excluding carboxylic acids is 1. The lowest BCUT2D eigenvalue weighted by Crippen LogP contribution is -2.19. The van der Waals surface area contributed by atoms with E-state index in [1.807, 2.05) is 0 Å². The molecule has 0 radical (unpaired) electrons. The lowest BCUT2D eigenvalue weighted by Gasteiger charge is -2.11. The highest BCUT2D eigenvalue weighted by molar-refractivity contribution is 7.08. The molecular weight excluding hydrogens is 265 g/mol. The second-order valence-electron chi connectivity index (χ2n) is 3.39. The molecule has 1 heterocycles. The topological polar surface area (TPSA) is 26.3 Å². The zero-order valence-electron chi connectivity index (χ0n) is 8.90. The molecule has 1 aromatic heterocycles. The Bertz CT molecular complexity index is 547. The SMILES string of the molecule is O=C(c1ccsc1)c1ccccc1OC(F)(F)F. The Balaban J connectivity index is 2.36. The smallest absolute Gasteiger partial charge is 0.405 e. The zero-order valence-corrected chi connectivity index (χ0v) is 9.72. The second kappa shape index (κ2) is 4.81. The lowest BCUT2D eigenvalue weighted by atomic mass is 10.1. The fourth-order valence-corrected chi connectivity index (χ4v) is 2.05. The van der Waals surface area contributed by atoms with Crippen LogP contribution < -0.4 is 4.74 Å². The van der Waals surface area contributed by atoms with Crippen LogP contribution >= 0.6 is 11.3 Å². The third-order valence-electron chi connectivity index (χ3n) is 2.14. The molecule has 2 aromatic rings. The highest BCUT2D eigenvalue weighted by atomic mass is 32.1. The first-order valence-corrected chi connectivity index (χ1v) is 5.83. The van der Waals surface area contributed by atoms with Gasteiger partial charge in [-0.2, -0.15) is 11.3 Å². The van der Waals surface area contributed by atoms with Gasteiger partial charge >= 0.3 is 6.36 Å². The van der Waals surface area contributed by atoms with Gasteiger partial charge < -0.3 is 4.74 Å². The first-order chi connectivity index (χ1) is 8.47. The van der Waals surface area contributed by atoms with Crippen LogP contribution in [0.2, 0.25) is 0 Å². The average Bonchev–Trinajstić information content (AvgIpc) is 2.80. The summed E-state index contributed by atoms with van der Waals surface area (Å²) in [5.41, 5.74) is 0.242. The molecule has 94 valence electrons. The van der Waals surface area contributed by atoms with Crippen molar-refractivity contribution < 1.29 is 22.7 Å².